The molecule has 0 aromatic heterocycles. The van der Waals surface area contributed by atoms with Gasteiger partial charge in [-0.15, -0.1) is 0 Å². The van der Waals surface area contributed by atoms with Gasteiger partial charge in [0.1, 0.15) is 11.6 Å². The molecular weight excluding hydrogens is 341 g/mol. The zero-order valence-corrected chi connectivity index (χ0v) is 16.3. The first kappa shape index (κ1) is 19.6. The molecule has 1 aliphatic rings. The molecule has 2 unspecified atom stereocenters. The molecule has 1 aliphatic carbocycles. The standard InChI is InChI=1S/C23H28FNO2/c1-25(2)16-20-10-9-19(13-17-7-11-22(27-3)12-8-17)23(20,26)15-18-5-4-6-21(24)14-18/h4-8,11-14,20,26H,9-10,15-16H2,1-3H3. The monoisotopic (exact) mass is 369 g/mol. The summed E-state index contributed by atoms with van der Waals surface area (Å²) in [6.07, 6.45) is 4.27. The van der Waals surface area contributed by atoms with Crippen molar-refractivity contribution >= 4 is 6.08 Å². The smallest absolute Gasteiger partial charge is 0.123 e. The van der Waals surface area contributed by atoms with Crippen LogP contribution < -0.4 is 4.74 Å². The quantitative estimate of drug-likeness (QED) is 0.830. The van der Waals surface area contributed by atoms with Gasteiger partial charge < -0.3 is 14.7 Å². The highest BCUT2D eigenvalue weighted by atomic mass is 19.1. The van der Waals surface area contributed by atoms with Crippen LogP contribution in [-0.4, -0.2) is 43.4 Å². The summed E-state index contributed by atoms with van der Waals surface area (Å²) in [6, 6.07) is 14.4. The van der Waals surface area contributed by atoms with Crippen LogP contribution in [0.15, 0.2) is 54.1 Å². The SMILES string of the molecule is COc1ccc(C=C2CCC(CN(C)C)C2(O)Cc2cccc(F)c2)cc1. The van der Waals surface area contributed by atoms with Crippen molar-refractivity contribution in [1.29, 1.82) is 0 Å². The summed E-state index contributed by atoms with van der Waals surface area (Å²) in [5.41, 5.74) is 1.90. The van der Waals surface area contributed by atoms with Crippen molar-refractivity contribution in [1.82, 2.24) is 4.90 Å². The molecule has 2 atom stereocenters. The van der Waals surface area contributed by atoms with Crippen LogP contribution in [0.2, 0.25) is 0 Å². The molecule has 144 valence electrons. The van der Waals surface area contributed by atoms with Crippen molar-refractivity contribution in [2.24, 2.45) is 5.92 Å². The van der Waals surface area contributed by atoms with E-state index in [4.69, 9.17) is 4.74 Å². The van der Waals surface area contributed by atoms with Crippen LogP contribution in [0.4, 0.5) is 4.39 Å². The van der Waals surface area contributed by atoms with Gasteiger partial charge in [0, 0.05) is 18.9 Å². The van der Waals surface area contributed by atoms with Gasteiger partial charge in [-0.1, -0.05) is 30.3 Å². The molecular formula is C23H28FNO2. The van der Waals surface area contributed by atoms with E-state index in [0.29, 0.717) is 6.42 Å². The lowest BCUT2D eigenvalue weighted by Gasteiger charge is -2.33. The lowest BCUT2D eigenvalue weighted by atomic mass is 9.81. The third kappa shape index (κ3) is 4.57. The van der Waals surface area contributed by atoms with Crippen molar-refractivity contribution in [2.75, 3.05) is 27.7 Å². The van der Waals surface area contributed by atoms with Gasteiger partial charge in [-0.2, -0.15) is 0 Å². The van der Waals surface area contributed by atoms with E-state index in [-0.39, 0.29) is 11.7 Å². The maximum atomic E-state index is 13.7. The number of aliphatic hydroxyl groups is 1. The molecule has 0 radical (unpaired) electrons. The van der Waals surface area contributed by atoms with Gasteiger partial charge in [-0.05, 0) is 67.9 Å². The van der Waals surface area contributed by atoms with Crippen LogP contribution in [0, 0.1) is 11.7 Å². The second kappa shape index (κ2) is 8.24. The van der Waals surface area contributed by atoms with E-state index < -0.39 is 5.60 Å². The average Bonchev–Trinajstić information content (AvgIpc) is 2.91. The number of ether oxygens (including phenoxy) is 1. The third-order valence-electron chi connectivity index (χ3n) is 5.40. The molecule has 2 aromatic carbocycles. The minimum absolute atomic E-state index is 0.111. The molecule has 0 heterocycles. The molecule has 0 bridgehead atoms. The van der Waals surface area contributed by atoms with Gasteiger partial charge in [-0.25, -0.2) is 4.39 Å². The summed E-state index contributed by atoms with van der Waals surface area (Å²) in [5.74, 6) is 0.656. The molecule has 0 aliphatic heterocycles. The van der Waals surface area contributed by atoms with Gasteiger partial charge in [0.25, 0.3) is 0 Å². The van der Waals surface area contributed by atoms with Crippen molar-refractivity contribution < 1.29 is 14.2 Å². The molecule has 1 saturated carbocycles. The number of nitrogens with zero attached hydrogens (tertiary/aromatic N) is 1. The van der Waals surface area contributed by atoms with Crippen LogP contribution in [0.1, 0.15) is 24.0 Å². The molecule has 1 fully saturated rings. The van der Waals surface area contributed by atoms with E-state index in [1.165, 1.54) is 12.1 Å². The highest BCUT2D eigenvalue weighted by molar-refractivity contribution is 5.57. The highest BCUT2D eigenvalue weighted by Gasteiger charge is 2.45. The van der Waals surface area contributed by atoms with Crippen molar-refractivity contribution in [3.8, 4) is 5.75 Å². The zero-order valence-electron chi connectivity index (χ0n) is 16.3. The Bertz CT molecular complexity index is 800. The maximum Gasteiger partial charge on any atom is 0.123 e. The normalized spacial score (nSPS) is 23.9. The van der Waals surface area contributed by atoms with E-state index in [1.54, 1.807) is 13.2 Å². The number of hydrogen-bond acceptors (Lipinski definition) is 3. The second-order valence-corrected chi connectivity index (χ2v) is 7.67. The Morgan fingerprint density at radius 3 is 2.59 bits per heavy atom. The van der Waals surface area contributed by atoms with Gasteiger partial charge in [0.2, 0.25) is 0 Å². The summed E-state index contributed by atoms with van der Waals surface area (Å²) in [6.45, 7) is 0.797. The fourth-order valence-electron chi connectivity index (χ4n) is 4.04. The maximum absolute atomic E-state index is 13.7. The summed E-state index contributed by atoms with van der Waals surface area (Å²) in [5, 5.41) is 11.7. The lowest BCUT2D eigenvalue weighted by Crippen LogP contribution is -2.42. The summed E-state index contributed by atoms with van der Waals surface area (Å²) < 4.78 is 18.9. The molecule has 0 spiro atoms. The molecule has 2 aromatic rings. The largest absolute Gasteiger partial charge is 0.497 e. The Hall–Kier alpha value is -2.17. The first-order valence-corrected chi connectivity index (χ1v) is 9.37. The summed E-state index contributed by atoms with van der Waals surface area (Å²) in [4.78, 5) is 2.11. The van der Waals surface area contributed by atoms with Gasteiger partial charge >= 0.3 is 0 Å². The fraction of sp³-hybridized carbons (Fsp3) is 0.391. The summed E-state index contributed by atoms with van der Waals surface area (Å²) in [7, 11) is 5.69. The van der Waals surface area contributed by atoms with E-state index in [2.05, 4.69) is 11.0 Å². The molecule has 0 amide bonds. The first-order valence-electron chi connectivity index (χ1n) is 9.37. The van der Waals surface area contributed by atoms with Crippen LogP contribution in [-0.2, 0) is 6.42 Å². The topological polar surface area (TPSA) is 32.7 Å². The number of rotatable bonds is 6. The molecule has 3 nitrogen and oxygen atoms in total. The number of methoxy groups -OCH3 is 1. The number of halogens is 1. The number of benzene rings is 2. The molecule has 4 heteroatoms. The van der Waals surface area contributed by atoms with Gasteiger partial charge in [0.05, 0.1) is 12.7 Å². The minimum Gasteiger partial charge on any atom is -0.497 e. The molecule has 1 N–H and O–H groups in total. The van der Waals surface area contributed by atoms with Crippen molar-refractivity contribution in [3.05, 3.63) is 71.0 Å². The first-order chi connectivity index (χ1) is 12.9. The Labute approximate surface area is 161 Å². The van der Waals surface area contributed by atoms with Crippen molar-refractivity contribution in [2.45, 2.75) is 24.9 Å². The van der Waals surface area contributed by atoms with Crippen molar-refractivity contribution in [3.63, 3.8) is 0 Å². The Morgan fingerprint density at radius 2 is 1.96 bits per heavy atom. The van der Waals surface area contributed by atoms with Crippen LogP contribution in [0.25, 0.3) is 6.08 Å². The third-order valence-corrected chi connectivity index (χ3v) is 5.40. The molecule has 3 rings (SSSR count). The number of hydrogen-bond donors (Lipinski definition) is 1. The van der Waals surface area contributed by atoms with Gasteiger partial charge in [-0.3, -0.25) is 0 Å². The van der Waals surface area contributed by atoms with Gasteiger partial charge in [0.15, 0.2) is 0 Å². The van der Waals surface area contributed by atoms with E-state index in [1.807, 2.05) is 44.4 Å². The Morgan fingerprint density at radius 1 is 1.22 bits per heavy atom. The fourth-order valence-corrected chi connectivity index (χ4v) is 4.04. The predicted molar refractivity (Wildman–Crippen MR) is 107 cm³/mol. The van der Waals surface area contributed by atoms with Crippen LogP contribution in [0.5, 0.6) is 5.75 Å². The summed E-state index contributed by atoms with van der Waals surface area (Å²) >= 11 is 0. The zero-order chi connectivity index (χ0) is 19.4. The van der Waals surface area contributed by atoms with E-state index >= 15 is 0 Å². The molecule has 0 saturated heterocycles. The highest BCUT2D eigenvalue weighted by Crippen LogP contribution is 2.44. The second-order valence-electron chi connectivity index (χ2n) is 7.67. The van der Waals surface area contributed by atoms with E-state index in [9.17, 15) is 9.50 Å². The lowest BCUT2D eigenvalue weighted by molar-refractivity contribution is 0.0256. The predicted octanol–water partition coefficient (Wildman–Crippen LogP) is 4.16. The average molecular weight is 369 g/mol. The Kier molecular flexibility index (Phi) is 5.98. The minimum atomic E-state index is -0.974. The van der Waals surface area contributed by atoms with E-state index in [0.717, 1.165) is 41.8 Å². The van der Waals surface area contributed by atoms with Crippen LogP contribution in [0.3, 0.4) is 0 Å². The molecule has 27 heavy (non-hydrogen) atoms. The van der Waals surface area contributed by atoms with Crippen LogP contribution >= 0.6 is 0 Å². The Balaban J connectivity index is 1.94.